The number of rotatable bonds is 4. The normalized spacial score (nSPS) is 10.5. The zero-order valence-electron chi connectivity index (χ0n) is 13.5. The molecule has 2 rings (SSSR count). The molecule has 0 aliphatic rings. The Kier molecular flexibility index (Phi) is 5.44. The molecule has 0 radical (unpaired) electrons. The van der Waals surface area contributed by atoms with Crippen LogP contribution in [0.5, 0.6) is 0 Å². The molecule has 2 aromatic rings. The van der Waals surface area contributed by atoms with Crippen LogP contribution >= 0.6 is 22.9 Å². The van der Waals surface area contributed by atoms with Crippen LogP contribution < -0.4 is 5.32 Å². The van der Waals surface area contributed by atoms with E-state index in [-0.39, 0.29) is 6.61 Å². The summed E-state index contributed by atoms with van der Waals surface area (Å²) >= 11 is 7.66. The number of hydrogen-bond acceptors (Lipinski definition) is 4. The first-order valence-corrected chi connectivity index (χ1v) is 8.28. The van der Waals surface area contributed by atoms with Gasteiger partial charge in [-0.2, -0.15) is 0 Å². The van der Waals surface area contributed by atoms with Crippen LogP contribution in [-0.4, -0.2) is 18.5 Å². The molecule has 6 heteroatoms. The maximum Gasteiger partial charge on any atom is 0.339 e. The second kappa shape index (κ2) is 7.15. The lowest BCUT2D eigenvalue weighted by molar-refractivity contribution is -0.119. The predicted octanol–water partition coefficient (Wildman–Crippen LogP) is 4.43. The van der Waals surface area contributed by atoms with Crippen molar-refractivity contribution >= 4 is 40.5 Å². The summed E-state index contributed by atoms with van der Waals surface area (Å²) in [7, 11) is 0. The third kappa shape index (κ3) is 4.33. The van der Waals surface area contributed by atoms with Crippen molar-refractivity contribution in [2.45, 2.75) is 27.7 Å². The smallest absolute Gasteiger partial charge is 0.339 e. The molecule has 0 spiro atoms. The number of halogens is 1. The van der Waals surface area contributed by atoms with Gasteiger partial charge < -0.3 is 10.1 Å². The molecule has 0 bridgehead atoms. The van der Waals surface area contributed by atoms with Crippen molar-refractivity contribution in [2.75, 3.05) is 11.9 Å². The molecular formula is C17H18ClNO3S. The van der Waals surface area contributed by atoms with Crippen LogP contribution in [0.15, 0.2) is 18.2 Å². The Morgan fingerprint density at radius 1 is 1.17 bits per heavy atom. The molecule has 1 heterocycles. The average molecular weight is 352 g/mol. The lowest BCUT2D eigenvalue weighted by atomic mass is 10.1. The number of benzene rings is 1. The van der Waals surface area contributed by atoms with E-state index in [2.05, 4.69) is 5.32 Å². The minimum atomic E-state index is -0.492. The number of carbonyl (C=O) groups is 2. The second-order valence-electron chi connectivity index (χ2n) is 5.39. The number of thiophene rings is 1. The van der Waals surface area contributed by atoms with Crippen LogP contribution in [0, 0.1) is 27.7 Å². The van der Waals surface area contributed by atoms with Crippen LogP contribution in [0.25, 0.3) is 0 Å². The van der Waals surface area contributed by atoms with E-state index < -0.39 is 11.9 Å². The van der Waals surface area contributed by atoms with E-state index in [1.165, 1.54) is 11.3 Å². The quantitative estimate of drug-likeness (QED) is 0.829. The van der Waals surface area contributed by atoms with Crippen LogP contribution in [0.1, 0.15) is 31.2 Å². The molecule has 1 aromatic carbocycles. The maximum atomic E-state index is 12.0. The van der Waals surface area contributed by atoms with Crippen LogP contribution in [0.3, 0.4) is 0 Å². The van der Waals surface area contributed by atoms with E-state index in [0.717, 1.165) is 20.9 Å². The lowest BCUT2D eigenvalue weighted by Gasteiger charge is -2.11. The van der Waals surface area contributed by atoms with E-state index in [0.29, 0.717) is 16.3 Å². The molecule has 0 atom stereocenters. The molecule has 0 saturated carbocycles. The summed E-state index contributed by atoms with van der Waals surface area (Å²) < 4.78 is 5.07. The highest BCUT2D eigenvalue weighted by Gasteiger charge is 2.16. The molecule has 0 fully saturated rings. The summed E-state index contributed by atoms with van der Waals surface area (Å²) in [6.45, 7) is 7.21. The van der Waals surface area contributed by atoms with E-state index in [1.54, 1.807) is 12.1 Å². The first kappa shape index (κ1) is 17.5. The molecule has 0 aliphatic carbocycles. The molecule has 23 heavy (non-hydrogen) atoms. The van der Waals surface area contributed by atoms with Gasteiger partial charge in [0, 0.05) is 9.75 Å². The molecule has 0 unspecified atom stereocenters. The zero-order valence-corrected chi connectivity index (χ0v) is 15.0. The summed E-state index contributed by atoms with van der Waals surface area (Å²) in [5.41, 5.74) is 2.92. The number of nitrogens with one attached hydrogen (secondary N) is 1. The van der Waals surface area contributed by atoms with Crippen molar-refractivity contribution in [3.05, 3.63) is 49.7 Å². The van der Waals surface area contributed by atoms with Crippen LogP contribution in [0.2, 0.25) is 5.02 Å². The Balaban J connectivity index is 1.98. The average Bonchev–Trinajstić information content (AvgIpc) is 2.79. The SMILES string of the molecule is Cc1cc(C)c(NC(=O)COC(=O)c2cc(C)sc2C)c(Cl)c1. The number of hydrogen-bond donors (Lipinski definition) is 1. The highest BCUT2D eigenvalue weighted by atomic mass is 35.5. The summed E-state index contributed by atoms with van der Waals surface area (Å²) in [6.07, 6.45) is 0. The summed E-state index contributed by atoms with van der Waals surface area (Å²) in [6, 6.07) is 5.46. The van der Waals surface area contributed by atoms with Crippen molar-refractivity contribution in [2.24, 2.45) is 0 Å². The number of aryl methyl sites for hydroxylation is 4. The van der Waals surface area contributed by atoms with Gasteiger partial charge in [0.2, 0.25) is 0 Å². The Morgan fingerprint density at radius 3 is 2.43 bits per heavy atom. The second-order valence-corrected chi connectivity index (χ2v) is 7.26. The zero-order chi connectivity index (χ0) is 17.1. The van der Waals surface area contributed by atoms with Gasteiger partial charge in [0.15, 0.2) is 6.61 Å². The van der Waals surface area contributed by atoms with Gasteiger partial charge >= 0.3 is 5.97 Å². The molecular weight excluding hydrogens is 334 g/mol. The van der Waals surface area contributed by atoms with Gasteiger partial charge in [0.1, 0.15) is 0 Å². The van der Waals surface area contributed by atoms with E-state index >= 15 is 0 Å². The molecule has 1 aromatic heterocycles. The van der Waals surface area contributed by atoms with E-state index in [9.17, 15) is 9.59 Å². The highest BCUT2D eigenvalue weighted by molar-refractivity contribution is 7.12. The van der Waals surface area contributed by atoms with Crippen molar-refractivity contribution in [1.82, 2.24) is 0 Å². The van der Waals surface area contributed by atoms with Gasteiger partial charge in [-0.1, -0.05) is 17.7 Å². The summed E-state index contributed by atoms with van der Waals surface area (Å²) in [5, 5.41) is 3.15. The highest BCUT2D eigenvalue weighted by Crippen LogP contribution is 2.27. The fourth-order valence-corrected chi connectivity index (χ4v) is 3.57. The fourth-order valence-electron chi connectivity index (χ4n) is 2.29. The number of amides is 1. The van der Waals surface area contributed by atoms with Gasteiger partial charge in [0.25, 0.3) is 5.91 Å². The van der Waals surface area contributed by atoms with Gasteiger partial charge in [-0.15, -0.1) is 11.3 Å². The maximum absolute atomic E-state index is 12.0. The Labute approximate surface area is 144 Å². The minimum Gasteiger partial charge on any atom is -0.452 e. The standard InChI is InChI=1S/C17H18ClNO3S/c1-9-5-10(2)16(14(18)6-9)19-15(20)8-22-17(21)13-7-11(3)23-12(13)4/h5-7H,8H2,1-4H3,(H,19,20). The Hall–Kier alpha value is -1.85. The van der Waals surface area contributed by atoms with Gasteiger partial charge in [0.05, 0.1) is 16.3 Å². The molecule has 4 nitrogen and oxygen atoms in total. The minimum absolute atomic E-state index is 0.350. The van der Waals surface area contributed by atoms with Gasteiger partial charge in [-0.3, -0.25) is 4.79 Å². The van der Waals surface area contributed by atoms with E-state index in [4.69, 9.17) is 16.3 Å². The van der Waals surface area contributed by atoms with Crippen molar-refractivity contribution in [3.8, 4) is 0 Å². The number of anilines is 1. The first-order chi connectivity index (χ1) is 10.8. The third-order valence-corrected chi connectivity index (χ3v) is 4.56. The van der Waals surface area contributed by atoms with Crippen LogP contribution in [0.4, 0.5) is 5.69 Å². The Bertz CT molecular complexity index is 744. The van der Waals surface area contributed by atoms with Crippen LogP contribution in [-0.2, 0) is 9.53 Å². The van der Waals surface area contributed by atoms with Crippen molar-refractivity contribution < 1.29 is 14.3 Å². The molecule has 1 N–H and O–H groups in total. The Morgan fingerprint density at radius 2 is 1.87 bits per heavy atom. The molecule has 1 amide bonds. The number of ether oxygens (including phenoxy) is 1. The molecule has 0 aliphatic heterocycles. The van der Waals surface area contributed by atoms with Crippen molar-refractivity contribution in [1.29, 1.82) is 0 Å². The monoisotopic (exact) mass is 351 g/mol. The topological polar surface area (TPSA) is 55.4 Å². The lowest BCUT2D eigenvalue weighted by Crippen LogP contribution is -2.21. The summed E-state index contributed by atoms with van der Waals surface area (Å²) in [5.74, 6) is -0.912. The van der Waals surface area contributed by atoms with Gasteiger partial charge in [-0.25, -0.2) is 4.79 Å². The first-order valence-electron chi connectivity index (χ1n) is 7.08. The summed E-state index contributed by atoms with van der Waals surface area (Å²) in [4.78, 5) is 25.9. The van der Waals surface area contributed by atoms with Crippen molar-refractivity contribution in [3.63, 3.8) is 0 Å². The number of carbonyl (C=O) groups excluding carboxylic acids is 2. The molecule has 122 valence electrons. The fraction of sp³-hybridized carbons (Fsp3) is 0.294. The number of esters is 1. The van der Waals surface area contributed by atoms with Gasteiger partial charge in [-0.05, 0) is 51.0 Å². The third-order valence-electron chi connectivity index (χ3n) is 3.29. The predicted molar refractivity (Wildman–Crippen MR) is 93.6 cm³/mol. The molecule has 0 saturated heterocycles. The van der Waals surface area contributed by atoms with E-state index in [1.807, 2.05) is 33.8 Å². The largest absolute Gasteiger partial charge is 0.452 e.